The molecule has 1 aliphatic heterocycles. The summed E-state index contributed by atoms with van der Waals surface area (Å²) in [7, 11) is 0. The van der Waals surface area contributed by atoms with Crippen molar-refractivity contribution < 1.29 is 0 Å². The van der Waals surface area contributed by atoms with Gasteiger partial charge in [0.25, 0.3) is 0 Å². The number of nitrogens with one attached hydrogen (secondary N) is 1. The molecule has 21 heavy (non-hydrogen) atoms. The van der Waals surface area contributed by atoms with Crippen molar-refractivity contribution in [3.63, 3.8) is 0 Å². The molecule has 1 aromatic heterocycles. The van der Waals surface area contributed by atoms with Gasteiger partial charge in [0.05, 0.1) is 0 Å². The Morgan fingerprint density at radius 2 is 2.10 bits per heavy atom. The highest BCUT2D eigenvalue weighted by Gasteiger charge is 2.30. The van der Waals surface area contributed by atoms with Crippen LogP contribution < -0.4 is 5.32 Å². The van der Waals surface area contributed by atoms with Crippen LogP contribution in [0, 0.1) is 18.8 Å². The molecular weight excluding hydrogens is 258 g/mol. The summed E-state index contributed by atoms with van der Waals surface area (Å²) in [6.45, 7) is 14.8. The maximum absolute atomic E-state index is 4.22. The van der Waals surface area contributed by atoms with Gasteiger partial charge in [-0.05, 0) is 42.4 Å². The van der Waals surface area contributed by atoms with Gasteiger partial charge in [-0.2, -0.15) is 0 Å². The largest absolute Gasteiger partial charge is 0.311 e. The van der Waals surface area contributed by atoms with Crippen molar-refractivity contribution >= 4 is 0 Å². The van der Waals surface area contributed by atoms with E-state index in [0.29, 0.717) is 18.0 Å². The normalized spacial score (nSPS) is 24.0. The van der Waals surface area contributed by atoms with E-state index >= 15 is 0 Å². The second-order valence-corrected chi connectivity index (χ2v) is 7.28. The Bertz CT molecular complexity index is 442. The summed E-state index contributed by atoms with van der Waals surface area (Å²) in [5, 5.41) is 3.76. The molecule has 0 aliphatic carbocycles. The van der Waals surface area contributed by atoms with Gasteiger partial charge in [0.2, 0.25) is 0 Å². The molecule has 0 radical (unpaired) electrons. The number of piperazine rings is 1. The predicted octanol–water partition coefficient (Wildman–Crippen LogP) is 3.23. The molecule has 2 atom stereocenters. The molecule has 1 saturated heterocycles. The van der Waals surface area contributed by atoms with Crippen molar-refractivity contribution in [2.24, 2.45) is 11.8 Å². The summed E-state index contributed by atoms with van der Waals surface area (Å²) >= 11 is 0. The first-order valence-electron chi connectivity index (χ1n) is 8.34. The molecule has 1 aliphatic rings. The summed E-state index contributed by atoms with van der Waals surface area (Å²) in [5.74, 6) is 1.43. The van der Waals surface area contributed by atoms with E-state index in [9.17, 15) is 0 Å². The Hall–Kier alpha value is -0.930. The van der Waals surface area contributed by atoms with Gasteiger partial charge < -0.3 is 5.32 Å². The molecule has 0 aromatic carbocycles. The number of hydrogen-bond acceptors (Lipinski definition) is 3. The van der Waals surface area contributed by atoms with Gasteiger partial charge in [0.15, 0.2) is 0 Å². The summed E-state index contributed by atoms with van der Waals surface area (Å²) in [6.07, 6.45) is 5.16. The zero-order valence-electron chi connectivity index (χ0n) is 14.3. The molecule has 0 amide bonds. The van der Waals surface area contributed by atoms with Gasteiger partial charge in [-0.25, -0.2) is 0 Å². The minimum absolute atomic E-state index is 0.626. The molecule has 118 valence electrons. The van der Waals surface area contributed by atoms with Gasteiger partial charge in [0.1, 0.15) is 0 Å². The molecule has 1 N–H and O–H groups in total. The third-order valence-corrected chi connectivity index (χ3v) is 4.57. The van der Waals surface area contributed by atoms with Gasteiger partial charge in [-0.1, -0.05) is 27.7 Å². The summed E-state index contributed by atoms with van der Waals surface area (Å²) in [4.78, 5) is 6.89. The second-order valence-electron chi connectivity index (χ2n) is 7.28. The number of aryl methyl sites for hydroxylation is 1. The van der Waals surface area contributed by atoms with Crippen molar-refractivity contribution in [3.05, 3.63) is 29.6 Å². The molecule has 1 aromatic rings. The van der Waals surface area contributed by atoms with E-state index in [1.165, 1.54) is 17.5 Å². The lowest BCUT2D eigenvalue weighted by Gasteiger charge is -2.43. The first-order chi connectivity index (χ1) is 9.97. The van der Waals surface area contributed by atoms with Crippen molar-refractivity contribution in [2.45, 2.75) is 59.7 Å². The van der Waals surface area contributed by atoms with Crippen LogP contribution in [0.1, 0.15) is 45.2 Å². The molecule has 1 fully saturated rings. The molecule has 0 bridgehead atoms. The van der Waals surface area contributed by atoms with E-state index < -0.39 is 0 Å². The van der Waals surface area contributed by atoms with Gasteiger partial charge >= 0.3 is 0 Å². The Kier molecular flexibility index (Phi) is 5.77. The Morgan fingerprint density at radius 3 is 2.71 bits per heavy atom. The molecule has 3 heteroatoms. The quantitative estimate of drug-likeness (QED) is 0.902. The zero-order valence-corrected chi connectivity index (χ0v) is 14.3. The second kappa shape index (κ2) is 7.37. The minimum atomic E-state index is 0.626. The average molecular weight is 289 g/mol. The lowest BCUT2D eigenvalue weighted by molar-refractivity contribution is 0.0850. The molecular formula is C18H31N3. The van der Waals surface area contributed by atoms with E-state index in [1.807, 2.05) is 12.4 Å². The van der Waals surface area contributed by atoms with E-state index in [1.54, 1.807) is 0 Å². The van der Waals surface area contributed by atoms with Crippen molar-refractivity contribution in [2.75, 3.05) is 13.1 Å². The maximum Gasteiger partial charge on any atom is 0.0300 e. The minimum Gasteiger partial charge on any atom is -0.311 e. The SMILES string of the molecule is Cc1cnccc1CN1CC(CC(C)C)NCC1C(C)C. The van der Waals surface area contributed by atoms with Crippen LogP contribution in [0.2, 0.25) is 0 Å². The van der Waals surface area contributed by atoms with E-state index in [2.05, 4.69) is 55.9 Å². The van der Waals surface area contributed by atoms with Gasteiger partial charge in [-0.3, -0.25) is 9.88 Å². The molecule has 0 saturated carbocycles. The monoisotopic (exact) mass is 289 g/mol. The van der Waals surface area contributed by atoms with Crippen LogP contribution in [0.5, 0.6) is 0 Å². The van der Waals surface area contributed by atoms with Crippen molar-refractivity contribution in [3.8, 4) is 0 Å². The molecule has 0 spiro atoms. The first kappa shape index (κ1) is 16.4. The zero-order chi connectivity index (χ0) is 15.4. The van der Waals surface area contributed by atoms with Crippen LogP contribution in [-0.4, -0.2) is 35.1 Å². The van der Waals surface area contributed by atoms with Crippen molar-refractivity contribution in [1.29, 1.82) is 0 Å². The Morgan fingerprint density at radius 1 is 1.33 bits per heavy atom. The molecule has 2 heterocycles. The fraction of sp³-hybridized carbons (Fsp3) is 0.722. The third kappa shape index (κ3) is 4.52. The molecule has 2 rings (SSSR count). The van der Waals surface area contributed by atoms with Crippen LogP contribution in [-0.2, 0) is 6.54 Å². The number of rotatable bonds is 5. The van der Waals surface area contributed by atoms with E-state index in [4.69, 9.17) is 0 Å². The first-order valence-corrected chi connectivity index (χ1v) is 8.34. The molecule has 2 unspecified atom stereocenters. The lowest BCUT2D eigenvalue weighted by Crippen LogP contribution is -2.58. The van der Waals surface area contributed by atoms with E-state index in [-0.39, 0.29) is 0 Å². The summed E-state index contributed by atoms with van der Waals surface area (Å²) in [5.41, 5.74) is 2.72. The van der Waals surface area contributed by atoms with Crippen LogP contribution in [0.15, 0.2) is 18.5 Å². The number of pyridine rings is 1. The predicted molar refractivity (Wildman–Crippen MR) is 89.3 cm³/mol. The fourth-order valence-electron chi connectivity index (χ4n) is 3.36. The number of nitrogens with zero attached hydrogens (tertiary/aromatic N) is 2. The van der Waals surface area contributed by atoms with Crippen LogP contribution in [0.3, 0.4) is 0 Å². The highest BCUT2D eigenvalue weighted by molar-refractivity contribution is 5.21. The average Bonchev–Trinajstić information content (AvgIpc) is 2.40. The van der Waals surface area contributed by atoms with Crippen LogP contribution >= 0.6 is 0 Å². The Labute approximate surface area is 130 Å². The van der Waals surface area contributed by atoms with Crippen LogP contribution in [0.25, 0.3) is 0 Å². The summed E-state index contributed by atoms with van der Waals surface area (Å²) in [6, 6.07) is 3.43. The lowest BCUT2D eigenvalue weighted by atomic mass is 9.94. The maximum atomic E-state index is 4.22. The molecule has 3 nitrogen and oxygen atoms in total. The Balaban J connectivity index is 2.09. The fourth-order valence-corrected chi connectivity index (χ4v) is 3.36. The third-order valence-electron chi connectivity index (χ3n) is 4.57. The van der Waals surface area contributed by atoms with Crippen LogP contribution in [0.4, 0.5) is 0 Å². The highest BCUT2D eigenvalue weighted by Crippen LogP contribution is 2.21. The highest BCUT2D eigenvalue weighted by atomic mass is 15.2. The van der Waals surface area contributed by atoms with E-state index in [0.717, 1.165) is 25.6 Å². The van der Waals surface area contributed by atoms with Gasteiger partial charge in [-0.15, -0.1) is 0 Å². The summed E-state index contributed by atoms with van der Waals surface area (Å²) < 4.78 is 0. The number of aromatic nitrogens is 1. The van der Waals surface area contributed by atoms with Crippen molar-refractivity contribution in [1.82, 2.24) is 15.2 Å². The topological polar surface area (TPSA) is 28.2 Å². The standard InChI is InChI=1S/C18H31N3/c1-13(2)8-17-12-21(18(10-20-17)14(3)4)11-16-6-7-19-9-15(16)5/h6-7,9,13-14,17-18,20H,8,10-12H2,1-5H3. The number of hydrogen-bond donors (Lipinski definition) is 1. The van der Waals surface area contributed by atoms with Gasteiger partial charge in [0, 0.05) is 44.1 Å². The smallest absolute Gasteiger partial charge is 0.0300 e.